The van der Waals surface area contributed by atoms with Crippen molar-refractivity contribution in [3.63, 3.8) is 0 Å². The van der Waals surface area contributed by atoms with E-state index in [1.807, 2.05) is 6.26 Å². The molecule has 5 heteroatoms. The fraction of sp³-hybridized carbons (Fsp3) is 0.857. The topological polar surface area (TPSA) is 64.3 Å². The van der Waals surface area contributed by atoms with Crippen LogP contribution in [0.15, 0.2) is 0 Å². The van der Waals surface area contributed by atoms with E-state index in [-0.39, 0.29) is 12.5 Å². The van der Waals surface area contributed by atoms with Crippen molar-refractivity contribution in [3.8, 4) is 0 Å². The van der Waals surface area contributed by atoms with Crippen LogP contribution in [-0.2, 0) is 9.53 Å². The average Bonchev–Trinajstić information content (AvgIpc) is 2.06. The Hall–Kier alpha value is -0.260. The number of nitrogens with two attached hydrogens (primary N) is 1. The second-order valence-corrected chi connectivity index (χ2v) is 3.17. The van der Waals surface area contributed by atoms with E-state index in [0.29, 0.717) is 19.7 Å². The molecule has 0 aliphatic carbocycles. The van der Waals surface area contributed by atoms with Crippen molar-refractivity contribution in [1.82, 2.24) is 5.32 Å². The molecule has 0 saturated heterocycles. The van der Waals surface area contributed by atoms with E-state index in [0.717, 1.165) is 5.75 Å². The van der Waals surface area contributed by atoms with E-state index in [1.165, 1.54) is 0 Å². The summed E-state index contributed by atoms with van der Waals surface area (Å²) in [6.07, 6.45) is 2.00. The summed E-state index contributed by atoms with van der Waals surface area (Å²) in [6, 6.07) is 0. The van der Waals surface area contributed by atoms with E-state index < -0.39 is 0 Å². The first-order valence-corrected chi connectivity index (χ1v) is 5.24. The number of thioether (sulfide) groups is 1. The van der Waals surface area contributed by atoms with Crippen LogP contribution in [0.4, 0.5) is 0 Å². The second kappa shape index (κ2) is 8.83. The third kappa shape index (κ3) is 7.84. The molecule has 0 aromatic heterocycles. The molecule has 0 aromatic carbocycles. The summed E-state index contributed by atoms with van der Waals surface area (Å²) in [4.78, 5) is 10.9. The van der Waals surface area contributed by atoms with E-state index in [1.54, 1.807) is 11.8 Å². The zero-order valence-electron chi connectivity index (χ0n) is 7.34. The molecule has 12 heavy (non-hydrogen) atoms. The summed E-state index contributed by atoms with van der Waals surface area (Å²) >= 11 is 1.70. The Kier molecular flexibility index (Phi) is 8.64. The summed E-state index contributed by atoms with van der Waals surface area (Å²) in [5.41, 5.74) is 5.18. The number of rotatable bonds is 7. The summed E-state index contributed by atoms with van der Waals surface area (Å²) in [5, 5.41) is 2.72. The Morgan fingerprint density at radius 3 is 3.00 bits per heavy atom. The predicted octanol–water partition coefficient (Wildman–Crippen LogP) is -0.559. The third-order valence-electron chi connectivity index (χ3n) is 1.12. The lowest BCUT2D eigenvalue weighted by atomic mass is 10.6. The maximum absolute atomic E-state index is 10.9. The minimum Gasteiger partial charge on any atom is -0.370 e. The van der Waals surface area contributed by atoms with Gasteiger partial charge in [0.2, 0.25) is 5.91 Å². The van der Waals surface area contributed by atoms with Crippen molar-refractivity contribution in [2.24, 2.45) is 5.73 Å². The molecule has 0 radical (unpaired) electrons. The Morgan fingerprint density at radius 2 is 2.42 bits per heavy atom. The number of nitrogens with one attached hydrogen (secondary N) is 1. The fourth-order valence-corrected chi connectivity index (χ4v) is 0.898. The van der Waals surface area contributed by atoms with Gasteiger partial charge < -0.3 is 15.8 Å². The predicted molar refractivity (Wildman–Crippen MR) is 51.3 cm³/mol. The van der Waals surface area contributed by atoms with Crippen LogP contribution in [0, 0.1) is 0 Å². The van der Waals surface area contributed by atoms with Gasteiger partial charge in [-0.2, -0.15) is 11.8 Å². The van der Waals surface area contributed by atoms with Crippen molar-refractivity contribution in [1.29, 1.82) is 0 Å². The van der Waals surface area contributed by atoms with Crippen LogP contribution >= 0.6 is 11.8 Å². The minimum absolute atomic E-state index is 0.0718. The van der Waals surface area contributed by atoms with E-state index in [2.05, 4.69) is 5.32 Å². The van der Waals surface area contributed by atoms with Crippen LogP contribution in [0.2, 0.25) is 0 Å². The molecule has 4 nitrogen and oxygen atoms in total. The molecule has 0 atom stereocenters. The van der Waals surface area contributed by atoms with E-state index in [9.17, 15) is 4.79 Å². The van der Waals surface area contributed by atoms with Crippen molar-refractivity contribution in [2.45, 2.75) is 0 Å². The minimum atomic E-state index is -0.0718. The maximum atomic E-state index is 10.9. The molecule has 0 rings (SSSR count). The molecule has 0 spiro atoms. The van der Waals surface area contributed by atoms with E-state index in [4.69, 9.17) is 10.5 Å². The highest BCUT2D eigenvalue weighted by Crippen LogP contribution is 1.86. The van der Waals surface area contributed by atoms with Gasteiger partial charge in [-0.25, -0.2) is 0 Å². The quantitative estimate of drug-likeness (QED) is 0.531. The number of carbonyl (C=O) groups is 1. The standard InChI is InChI=1S/C7H16N2O2S/c1-12-5-3-9-7(10)6-11-4-2-8/h2-6,8H2,1H3,(H,9,10). The lowest BCUT2D eigenvalue weighted by Crippen LogP contribution is -2.30. The zero-order valence-corrected chi connectivity index (χ0v) is 8.15. The SMILES string of the molecule is CSCCNC(=O)COCCN. The van der Waals surface area contributed by atoms with Gasteiger partial charge in [-0.1, -0.05) is 0 Å². The van der Waals surface area contributed by atoms with Crippen LogP contribution in [0.25, 0.3) is 0 Å². The molecule has 1 amide bonds. The van der Waals surface area contributed by atoms with Gasteiger partial charge in [0.15, 0.2) is 0 Å². The molecule has 0 heterocycles. The summed E-state index contributed by atoms with van der Waals surface area (Å²) < 4.78 is 4.93. The molecule has 0 aliphatic rings. The first-order chi connectivity index (χ1) is 5.81. The third-order valence-corrected chi connectivity index (χ3v) is 1.74. The molecular formula is C7H16N2O2S. The number of carbonyl (C=O) groups excluding carboxylic acids is 1. The van der Waals surface area contributed by atoms with Crippen LogP contribution in [0.5, 0.6) is 0 Å². The van der Waals surface area contributed by atoms with Gasteiger partial charge in [0.25, 0.3) is 0 Å². The smallest absolute Gasteiger partial charge is 0.246 e. The Morgan fingerprint density at radius 1 is 1.67 bits per heavy atom. The number of amides is 1. The number of hydrogen-bond acceptors (Lipinski definition) is 4. The van der Waals surface area contributed by atoms with Gasteiger partial charge in [0.05, 0.1) is 6.61 Å². The highest BCUT2D eigenvalue weighted by Gasteiger charge is 1.98. The van der Waals surface area contributed by atoms with Crippen molar-refractivity contribution in [2.75, 3.05) is 38.3 Å². The molecular weight excluding hydrogens is 176 g/mol. The van der Waals surface area contributed by atoms with Crippen LogP contribution in [0.1, 0.15) is 0 Å². The van der Waals surface area contributed by atoms with Gasteiger partial charge in [0, 0.05) is 18.8 Å². The molecule has 0 saturated carbocycles. The number of ether oxygens (including phenoxy) is 1. The van der Waals surface area contributed by atoms with Gasteiger partial charge in [-0.3, -0.25) is 4.79 Å². The summed E-state index contributed by atoms with van der Waals surface area (Å²) in [6.45, 7) is 1.71. The number of hydrogen-bond donors (Lipinski definition) is 2. The largest absolute Gasteiger partial charge is 0.370 e. The Balaban J connectivity index is 3.10. The molecule has 0 bridgehead atoms. The van der Waals surface area contributed by atoms with E-state index >= 15 is 0 Å². The fourth-order valence-electron chi connectivity index (χ4n) is 0.592. The molecule has 72 valence electrons. The Bertz CT molecular complexity index is 110. The zero-order chi connectivity index (χ0) is 9.23. The van der Waals surface area contributed by atoms with Crippen LogP contribution in [0.3, 0.4) is 0 Å². The second-order valence-electron chi connectivity index (χ2n) is 2.18. The van der Waals surface area contributed by atoms with Crippen LogP contribution in [-0.4, -0.2) is 44.2 Å². The van der Waals surface area contributed by atoms with Gasteiger partial charge in [-0.05, 0) is 6.26 Å². The molecule has 3 N–H and O–H groups in total. The lowest BCUT2D eigenvalue weighted by Gasteiger charge is -2.03. The first kappa shape index (κ1) is 11.7. The molecule has 0 fully saturated rings. The first-order valence-electron chi connectivity index (χ1n) is 3.84. The highest BCUT2D eigenvalue weighted by atomic mass is 32.2. The maximum Gasteiger partial charge on any atom is 0.246 e. The normalized spacial score (nSPS) is 9.83. The summed E-state index contributed by atoms with van der Waals surface area (Å²) in [7, 11) is 0. The van der Waals surface area contributed by atoms with Gasteiger partial charge in [-0.15, -0.1) is 0 Å². The molecule has 0 aromatic rings. The van der Waals surface area contributed by atoms with Crippen molar-refractivity contribution in [3.05, 3.63) is 0 Å². The van der Waals surface area contributed by atoms with Crippen molar-refractivity contribution >= 4 is 17.7 Å². The lowest BCUT2D eigenvalue weighted by molar-refractivity contribution is -0.125. The monoisotopic (exact) mass is 192 g/mol. The van der Waals surface area contributed by atoms with Crippen LogP contribution < -0.4 is 11.1 Å². The summed E-state index contributed by atoms with van der Waals surface area (Å²) in [5.74, 6) is 0.861. The Labute approximate surface area is 77.2 Å². The molecule has 0 aliphatic heterocycles. The highest BCUT2D eigenvalue weighted by molar-refractivity contribution is 7.98. The molecule has 0 unspecified atom stereocenters. The average molecular weight is 192 g/mol. The van der Waals surface area contributed by atoms with Gasteiger partial charge in [0.1, 0.15) is 6.61 Å². The van der Waals surface area contributed by atoms with Crippen molar-refractivity contribution < 1.29 is 9.53 Å². The van der Waals surface area contributed by atoms with Gasteiger partial charge >= 0.3 is 0 Å².